The van der Waals surface area contributed by atoms with Gasteiger partial charge in [-0.3, -0.25) is 4.79 Å². The van der Waals surface area contributed by atoms with Crippen LogP contribution >= 0.6 is 0 Å². The minimum atomic E-state index is -0.239. The highest BCUT2D eigenvalue weighted by atomic mass is 19.1. The number of hydrogen-bond donors (Lipinski definition) is 0. The van der Waals surface area contributed by atoms with E-state index in [9.17, 15) is 9.18 Å². The Kier molecular flexibility index (Phi) is 4.23. The van der Waals surface area contributed by atoms with Crippen molar-refractivity contribution in [2.24, 2.45) is 0 Å². The maximum atomic E-state index is 13.9. The second-order valence-corrected chi connectivity index (χ2v) is 5.95. The van der Waals surface area contributed by atoms with Gasteiger partial charge in [-0.1, -0.05) is 42.5 Å². The van der Waals surface area contributed by atoms with E-state index >= 15 is 0 Å². The predicted molar refractivity (Wildman–Crippen MR) is 84.9 cm³/mol. The maximum Gasteiger partial charge on any atom is 0.227 e. The Morgan fingerprint density at radius 3 is 2.36 bits per heavy atom. The quantitative estimate of drug-likeness (QED) is 0.820. The first-order valence-electron chi connectivity index (χ1n) is 7.72. The summed E-state index contributed by atoms with van der Waals surface area (Å²) in [6.45, 7) is 2.38. The van der Waals surface area contributed by atoms with Crippen molar-refractivity contribution in [3.63, 3.8) is 0 Å². The molecule has 22 heavy (non-hydrogen) atoms. The van der Waals surface area contributed by atoms with Crippen LogP contribution < -0.4 is 0 Å². The zero-order valence-electron chi connectivity index (χ0n) is 12.8. The summed E-state index contributed by atoms with van der Waals surface area (Å²) in [6.07, 6.45) is 2.43. The SMILES string of the molecule is Cc1ccccc1CC(=O)N(Cc1ccccc1F)C1CC1. The van der Waals surface area contributed by atoms with Crippen molar-refractivity contribution in [3.8, 4) is 0 Å². The monoisotopic (exact) mass is 297 g/mol. The molecule has 0 unspecified atom stereocenters. The fraction of sp³-hybridized carbons (Fsp3) is 0.316. The normalized spacial score (nSPS) is 13.9. The zero-order valence-corrected chi connectivity index (χ0v) is 12.8. The molecule has 3 rings (SSSR count). The third-order valence-corrected chi connectivity index (χ3v) is 4.21. The second-order valence-electron chi connectivity index (χ2n) is 5.95. The van der Waals surface area contributed by atoms with Crippen LogP contribution in [0, 0.1) is 12.7 Å². The molecule has 0 bridgehead atoms. The molecule has 1 fully saturated rings. The van der Waals surface area contributed by atoms with Crippen LogP contribution in [-0.4, -0.2) is 16.8 Å². The van der Waals surface area contributed by atoms with Crippen molar-refractivity contribution in [3.05, 3.63) is 71.0 Å². The fourth-order valence-electron chi connectivity index (χ4n) is 2.69. The number of benzene rings is 2. The molecule has 0 heterocycles. The number of amides is 1. The predicted octanol–water partition coefficient (Wildman–Crippen LogP) is 3.87. The Morgan fingerprint density at radius 2 is 1.73 bits per heavy atom. The highest BCUT2D eigenvalue weighted by Gasteiger charge is 2.32. The molecule has 2 aromatic carbocycles. The van der Waals surface area contributed by atoms with Gasteiger partial charge in [-0.2, -0.15) is 0 Å². The molecule has 2 aromatic rings. The molecule has 1 amide bonds. The Bertz CT molecular complexity index is 679. The highest BCUT2D eigenvalue weighted by Crippen LogP contribution is 2.29. The van der Waals surface area contributed by atoms with Crippen LogP contribution in [0.25, 0.3) is 0 Å². The first kappa shape index (κ1) is 14.8. The summed E-state index contributed by atoms with van der Waals surface area (Å²) in [7, 11) is 0. The molecule has 3 heteroatoms. The van der Waals surface area contributed by atoms with Gasteiger partial charge < -0.3 is 4.90 Å². The summed E-state index contributed by atoms with van der Waals surface area (Å²) in [6, 6.07) is 14.9. The highest BCUT2D eigenvalue weighted by molar-refractivity contribution is 5.79. The molecule has 0 saturated heterocycles. The molecule has 1 saturated carbocycles. The minimum absolute atomic E-state index is 0.0834. The van der Waals surface area contributed by atoms with Crippen LogP contribution in [0.1, 0.15) is 29.5 Å². The smallest absolute Gasteiger partial charge is 0.227 e. The van der Waals surface area contributed by atoms with Gasteiger partial charge in [0.15, 0.2) is 0 Å². The van der Waals surface area contributed by atoms with Gasteiger partial charge in [-0.15, -0.1) is 0 Å². The number of rotatable bonds is 5. The first-order valence-corrected chi connectivity index (χ1v) is 7.72. The molecule has 1 aliphatic rings. The minimum Gasteiger partial charge on any atom is -0.335 e. The number of hydrogen-bond acceptors (Lipinski definition) is 1. The van der Waals surface area contributed by atoms with Crippen molar-refractivity contribution in [1.29, 1.82) is 0 Å². The van der Waals surface area contributed by atoms with Crippen molar-refractivity contribution in [2.45, 2.75) is 38.8 Å². The molecule has 0 N–H and O–H groups in total. The van der Waals surface area contributed by atoms with Crippen LogP contribution in [0.5, 0.6) is 0 Å². The van der Waals surface area contributed by atoms with Gasteiger partial charge in [0, 0.05) is 18.2 Å². The third kappa shape index (κ3) is 3.35. The van der Waals surface area contributed by atoms with E-state index in [1.807, 2.05) is 42.2 Å². The fourth-order valence-corrected chi connectivity index (χ4v) is 2.69. The van der Waals surface area contributed by atoms with Crippen molar-refractivity contribution in [1.82, 2.24) is 4.90 Å². The largest absolute Gasteiger partial charge is 0.335 e. The molecule has 0 aromatic heterocycles. The molecular weight excluding hydrogens is 277 g/mol. The first-order chi connectivity index (χ1) is 10.6. The summed E-state index contributed by atoms with van der Waals surface area (Å²) < 4.78 is 13.9. The van der Waals surface area contributed by atoms with E-state index in [1.165, 1.54) is 6.07 Å². The lowest BCUT2D eigenvalue weighted by atomic mass is 10.0. The van der Waals surface area contributed by atoms with E-state index in [-0.39, 0.29) is 17.8 Å². The van der Waals surface area contributed by atoms with E-state index < -0.39 is 0 Å². The van der Waals surface area contributed by atoms with Crippen LogP contribution in [0.15, 0.2) is 48.5 Å². The Morgan fingerprint density at radius 1 is 1.09 bits per heavy atom. The van der Waals surface area contributed by atoms with Gasteiger partial charge in [0.2, 0.25) is 5.91 Å². The molecule has 1 aliphatic carbocycles. The van der Waals surface area contributed by atoms with Gasteiger partial charge >= 0.3 is 0 Å². The number of halogens is 1. The third-order valence-electron chi connectivity index (χ3n) is 4.21. The van der Waals surface area contributed by atoms with Gasteiger partial charge in [-0.25, -0.2) is 4.39 Å². The lowest BCUT2D eigenvalue weighted by Gasteiger charge is -2.23. The van der Waals surface area contributed by atoms with Gasteiger partial charge in [0.05, 0.1) is 6.42 Å². The molecule has 114 valence electrons. The number of carbonyl (C=O) groups is 1. The van der Waals surface area contributed by atoms with Crippen LogP contribution in [0.3, 0.4) is 0 Å². The Balaban J connectivity index is 1.75. The molecule has 2 nitrogen and oxygen atoms in total. The summed E-state index contributed by atoms with van der Waals surface area (Å²) >= 11 is 0. The van der Waals surface area contributed by atoms with Gasteiger partial charge in [0.1, 0.15) is 5.82 Å². The molecule has 0 radical (unpaired) electrons. The Labute approximate surface area is 130 Å². The van der Waals surface area contributed by atoms with Gasteiger partial charge in [-0.05, 0) is 37.0 Å². The summed E-state index contributed by atoms with van der Waals surface area (Å²) in [5, 5.41) is 0. The summed E-state index contributed by atoms with van der Waals surface area (Å²) in [5.41, 5.74) is 2.76. The van der Waals surface area contributed by atoms with E-state index in [2.05, 4.69) is 0 Å². The molecule has 0 aliphatic heterocycles. The average molecular weight is 297 g/mol. The molecular formula is C19H20FNO. The van der Waals surface area contributed by atoms with Crippen molar-refractivity contribution in [2.75, 3.05) is 0 Å². The lowest BCUT2D eigenvalue weighted by molar-refractivity contribution is -0.131. The summed E-state index contributed by atoms with van der Waals surface area (Å²) in [4.78, 5) is 14.5. The van der Waals surface area contributed by atoms with Crippen LogP contribution in [-0.2, 0) is 17.8 Å². The Hall–Kier alpha value is -2.16. The lowest BCUT2D eigenvalue weighted by Crippen LogP contribution is -2.34. The van der Waals surface area contributed by atoms with Crippen LogP contribution in [0.2, 0.25) is 0 Å². The number of nitrogens with zero attached hydrogens (tertiary/aromatic N) is 1. The van der Waals surface area contributed by atoms with E-state index in [1.54, 1.807) is 12.1 Å². The van der Waals surface area contributed by atoms with Crippen molar-refractivity contribution >= 4 is 5.91 Å². The van der Waals surface area contributed by atoms with E-state index in [4.69, 9.17) is 0 Å². The molecule has 0 atom stereocenters. The van der Waals surface area contributed by atoms with E-state index in [0.717, 1.165) is 24.0 Å². The topological polar surface area (TPSA) is 20.3 Å². The van der Waals surface area contributed by atoms with Crippen molar-refractivity contribution < 1.29 is 9.18 Å². The molecule has 0 spiro atoms. The second kappa shape index (κ2) is 6.30. The number of carbonyl (C=O) groups excluding carboxylic acids is 1. The summed E-state index contributed by atoms with van der Waals surface area (Å²) in [5.74, 6) is -0.156. The number of aryl methyl sites for hydroxylation is 1. The van der Waals surface area contributed by atoms with Crippen LogP contribution in [0.4, 0.5) is 4.39 Å². The zero-order chi connectivity index (χ0) is 15.5. The maximum absolute atomic E-state index is 13.9. The average Bonchev–Trinajstić information content (AvgIpc) is 3.33. The van der Waals surface area contributed by atoms with E-state index in [0.29, 0.717) is 18.5 Å². The van der Waals surface area contributed by atoms with Gasteiger partial charge in [0.25, 0.3) is 0 Å². The standard InChI is InChI=1S/C19H20FNO/c1-14-6-2-3-7-15(14)12-19(22)21(17-10-11-17)13-16-8-4-5-9-18(16)20/h2-9,17H,10-13H2,1H3.